The van der Waals surface area contributed by atoms with E-state index in [0.717, 1.165) is 12.6 Å². The number of nitrogens with zero attached hydrogens (tertiary/aromatic N) is 1. The number of thiophene rings is 1. The van der Waals surface area contributed by atoms with Gasteiger partial charge in [0.05, 0.1) is 0 Å². The van der Waals surface area contributed by atoms with Gasteiger partial charge in [-0.2, -0.15) is 11.3 Å². The Morgan fingerprint density at radius 3 is 2.94 bits per heavy atom. The third-order valence-corrected chi connectivity index (χ3v) is 5.28. The Hall–Kier alpha value is -0.380. The van der Waals surface area contributed by atoms with Gasteiger partial charge in [0.2, 0.25) is 0 Å². The van der Waals surface area contributed by atoms with Crippen molar-refractivity contribution >= 4 is 11.3 Å². The van der Waals surface area contributed by atoms with Crippen molar-refractivity contribution < 1.29 is 0 Å². The van der Waals surface area contributed by atoms with Gasteiger partial charge in [0.1, 0.15) is 0 Å². The summed E-state index contributed by atoms with van der Waals surface area (Å²) in [4.78, 5) is 2.73. The number of hydrogen-bond donors (Lipinski definition) is 1. The fraction of sp³-hybridized carbons (Fsp3) is 0.733. The summed E-state index contributed by atoms with van der Waals surface area (Å²) in [6.45, 7) is 5.94. The van der Waals surface area contributed by atoms with E-state index in [1.165, 1.54) is 50.8 Å². The highest BCUT2D eigenvalue weighted by Crippen LogP contribution is 2.33. The first-order valence-corrected chi connectivity index (χ1v) is 8.26. The summed E-state index contributed by atoms with van der Waals surface area (Å²) in [5.41, 5.74) is 1.90. The maximum Gasteiger partial charge on any atom is 0.0306 e. The lowest BCUT2D eigenvalue weighted by molar-refractivity contribution is 0.173. The molecule has 1 atom stereocenters. The van der Waals surface area contributed by atoms with E-state index in [9.17, 15) is 0 Å². The van der Waals surface area contributed by atoms with Crippen molar-refractivity contribution in [1.29, 1.82) is 0 Å². The molecule has 2 nitrogen and oxygen atoms in total. The molecular formula is C15H24N2S. The molecule has 0 spiro atoms. The molecular weight excluding hydrogens is 240 g/mol. The normalized spacial score (nSPS) is 28.1. The quantitative estimate of drug-likeness (QED) is 0.848. The first-order valence-electron chi connectivity index (χ1n) is 7.31. The van der Waals surface area contributed by atoms with Gasteiger partial charge in [-0.25, -0.2) is 0 Å². The van der Waals surface area contributed by atoms with Crippen LogP contribution in [0.5, 0.6) is 0 Å². The van der Waals surface area contributed by atoms with Crippen LogP contribution in [-0.4, -0.2) is 29.6 Å². The van der Waals surface area contributed by atoms with Crippen LogP contribution in [0.15, 0.2) is 16.8 Å². The van der Waals surface area contributed by atoms with E-state index in [-0.39, 0.29) is 0 Å². The Bertz CT molecular complexity index is 364. The zero-order chi connectivity index (χ0) is 12.4. The Morgan fingerprint density at radius 1 is 1.50 bits per heavy atom. The highest BCUT2D eigenvalue weighted by molar-refractivity contribution is 7.07. The van der Waals surface area contributed by atoms with E-state index in [4.69, 9.17) is 0 Å². The van der Waals surface area contributed by atoms with Gasteiger partial charge in [-0.15, -0.1) is 0 Å². The van der Waals surface area contributed by atoms with Crippen molar-refractivity contribution in [2.45, 2.75) is 57.2 Å². The molecule has 0 amide bonds. The summed E-state index contributed by atoms with van der Waals surface area (Å²) >= 11 is 1.82. The van der Waals surface area contributed by atoms with Crippen LogP contribution in [0.2, 0.25) is 0 Å². The lowest BCUT2D eigenvalue weighted by atomic mass is 9.93. The fourth-order valence-corrected chi connectivity index (χ4v) is 3.84. The smallest absolute Gasteiger partial charge is 0.0306 e. The van der Waals surface area contributed by atoms with E-state index in [1.54, 1.807) is 0 Å². The molecule has 0 aromatic carbocycles. The van der Waals surface area contributed by atoms with Crippen molar-refractivity contribution in [2.24, 2.45) is 0 Å². The number of nitrogens with one attached hydrogen (secondary N) is 1. The largest absolute Gasteiger partial charge is 0.310 e. The topological polar surface area (TPSA) is 15.3 Å². The van der Waals surface area contributed by atoms with E-state index in [1.807, 2.05) is 11.3 Å². The monoisotopic (exact) mass is 264 g/mol. The van der Waals surface area contributed by atoms with E-state index >= 15 is 0 Å². The summed E-state index contributed by atoms with van der Waals surface area (Å²) < 4.78 is 0. The second-order valence-electron chi connectivity index (χ2n) is 5.93. The van der Waals surface area contributed by atoms with Gasteiger partial charge in [-0.1, -0.05) is 6.92 Å². The van der Waals surface area contributed by atoms with Crippen LogP contribution in [0, 0.1) is 0 Å². The van der Waals surface area contributed by atoms with Crippen LogP contribution < -0.4 is 5.32 Å². The molecule has 2 heterocycles. The van der Waals surface area contributed by atoms with Crippen molar-refractivity contribution in [2.75, 3.05) is 13.1 Å². The van der Waals surface area contributed by atoms with E-state index in [0.29, 0.717) is 5.54 Å². The number of hydrogen-bond acceptors (Lipinski definition) is 3. The van der Waals surface area contributed by atoms with Gasteiger partial charge in [-0.05, 0) is 61.0 Å². The molecule has 1 aromatic rings. The molecule has 1 saturated heterocycles. The Balaban J connectivity index is 1.66. The summed E-state index contributed by atoms with van der Waals surface area (Å²) in [6.07, 6.45) is 6.79. The van der Waals surface area contributed by atoms with Gasteiger partial charge in [0.15, 0.2) is 0 Å². The molecule has 3 heteroatoms. The summed E-state index contributed by atoms with van der Waals surface area (Å²) in [6, 6.07) is 3.14. The van der Waals surface area contributed by atoms with Crippen molar-refractivity contribution in [3.8, 4) is 0 Å². The third kappa shape index (κ3) is 2.79. The molecule has 3 rings (SSSR count). The van der Waals surface area contributed by atoms with Crippen LogP contribution in [0.4, 0.5) is 0 Å². The highest BCUT2D eigenvalue weighted by atomic mass is 32.1. The standard InChI is InChI=1S/C15H24N2S/c1-2-15(7-3-8-16-15)12-17(14-4-5-14)10-13-6-9-18-11-13/h6,9,11,14,16H,2-5,7-8,10,12H2,1H3. The average molecular weight is 264 g/mol. The Labute approximate surface area is 114 Å². The van der Waals surface area contributed by atoms with Crippen LogP contribution in [0.25, 0.3) is 0 Å². The molecule has 1 saturated carbocycles. The van der Waals surface area contributed by atoms with Gasteiger partial charge in [0, 0.05) is 24.7 Å². The molecule has 2 aliphatic rings. The molecule has 1 N–H and O–H groups in total. The minimum atomic E-state index is 0.401. The molecule has 1 aromatic heterocycles. The van der Waals surface area contributed by atoms with Crippen LogP contribution in [0.1, 0.15) is 44.6 Å². The van der Waals surface area contributed by atoms with Crippen molar-refractivity contribution in [1.82, 2.24) is 10.2 Å². The predicted octanol–water partition coefficient (Wildman–Crippen LogP) is 3.24. The first kappa shape index (κ1) is 12.6. The molecule has 18 heavy (non-hydrogen) atoms. The van der Waals surface area contributed by atoms with E-state index < -0.39 is 0 Å². The van der Waals surface area contributed by atoms with Crippen molar-refractivity contribution in [3.05, 3.63) is 22.4 Å². The minimum absolute atomic E-state index is 0.401. The van der Waals surface area contributed by atoms with Gasteiger partial charge in [-0.3, -0.25) is 4.90 Å². The van der Waals surface area contributed by atoms with Gasteiger partial charge in [0.25, 0.3) is 0 Å². The second kappa shape index (κ2) is 5.32. The second-order valence-corrected chi connectivity index (χ2v) is 6.71. The molecule has 1 aliphatic heterocycles. The zero-order valence-corrected chi connectivity index (χ0v) is 12.1. The molecule has 0 bridgehead atoms. The Kier molecular flexibility index (Phi) is 3.73. The SMILES string of the molecule is CCC1(CN(Cc2ccsc2)C2CC2)CCCN1. The lowest BCUT2D eigenvalue weighted by Crippen LogP contribution is -2.49. The zero-order valence-electron chi connectivity index (χ0n) is 11.3. The summed E-state index contributed by atoms with van der Waals surface area (Å²) in [7, 11) is 0. The van der Waals surface area contributed by atoms with Crippen LogP contribution in [0.3, 0.4) is 0 Å². The van der Waals surface area contributed by atoms with Crippen LogP contribution in [-0.2, 0) is 6.54 Å². The highest BCUT2D eigenvalue weighted by Gasteiger charge is 2.38. The molecule has 100 valence electrons. The predicted molar refractivity (Wildman–Crippen MR) is 78.0 cm³/mol. The molecule has 1 aliphatic carbocycles. The Morgan fingerprint density at radius 2 is 2.39 bits per heavy atom. The van der Waals surface area contributed by atoms with E-state index in [2.05, 4.69) is 34.0 Å². The van der Waals surface area contributed by atoms with Gasteiger partial charge >= 0.3 is 0 Å². The maximum absolute atomic E-state index is 3.77. The summed E-state index contributed by atoms with van der Waals surface area (Å²) in [5.74, 6) is 0. The summed E-state index contributed by atoms with van der Waals surface area (Å²) in [5, 5.41) is 8.27. The van der Waals surface area contributed by atoms with Gasteiger partial charge < -0.3 is 5.32 Å². The molecule has 0 radical (unpaired) electrons. The first-order chi connectivity index (χ1) is 8.81. The van der Waals surface area contributed by atoms with Crippen LogP contribution >= 0.6 is 11.3 Å². The number of rotatable bonds is 6. The van der Waals surface area contributed by atoms with Crippen molar-refractivity contribution in [3.63, 3.8) is 0 Å². The average Bonchev–Trinajstić information content (AvgIpc) is 2.92. The minimum Gasteiger partial charge on any atom is -0.310 e. The molecule has 2 fully saturated rings. The lowest BCUT2D eigenvalue weighted by Gasteiger charge is -2.35. The fourth-order valence-electron chi connectivity index (χ4n) is 3.18. The third-order valence-electron chi connectivity index (χ3n) is 4.54. The molecule has 1 unspecified atom stereocenters. The maximum atomic E-state index is 3.77.